The Kier molecular flexibility index (Phi) is 10.1. The van der Waals surface area contributed by atoms with E-state index in [0.29, 0.717) is 12.3 Å². The van der Waals surface area contributed by atoms with Gasteiger partial charge in [-0.05, 0) is 31.0 Å². The summed E-state index contributed by atoms with van der Waals surface area (Å²) in [4.78, 5) is 38.7. The summed E-state index contributed by atoms with van der Waals surface area (Å²) in [7, 11) is 0. The van der Waals surface area contributed by atoms with E-state index in [1.807, 2.05) is 0 Å². The molecule has 1 atom stereocenters. The summed E-state index contributed by atoms with van der Waals surface area (Å²) >= 11 is 0. The van der Waals surface area contributed by atoms with Crippen LogP contribution < -0.4 is 10.7 Å². The van der Waals surface area contributed by atoms with Crippen molar-refractivity contribution >= 4 is 23.8 Å². The maximum absolute atomic E-state index is 14.0. The van der Waals surface area contributed by atoms with Crippen molar-refractivity contribution in [2.45, 2.75) is 44.9 Å². The second-order valence-electron chi connectivity index (χ2n) is 7.53. The molecule has 0 bridgehead atoms. The normalized spacial score (nSPS) is 12.1. The lowest BCUT2D eigenvalue weighted by molar-refractivity contribution is -0.138. The Labute approximate surface area is 202 Å². The Morgan fingerprint density at radius 1 is 1.17 bits per heavy atom. The molecule has 0 saturated heterocycles. The number of rotatable bonds is 11. The smallest absolute Gasteiger partial charge is 0.417 e. The van der Waals surface area contributed by atoms with Gasteiger partial charge in [-0.15, -0.1) is 0 Å². The van der Waals surface area contributed by atoms with Gasteiger partial charge >= 0.3 is 18.2 Å². The Balaban J connectivity index is 2.06. The molecule has 9 nitrogen and oxygen atoms in total. The first-order chi connectivity index (χ1) is 16.9. The number of carboxylic acids is 1. The molecule has 0 saturated carbocycles. The number of hydrogen-bond acceptors (Lipinski definition) is 6. The van der Waals surface area contributed by atoms with E-state index in [4.69, 9.17) is 9.84 Å². The highest BCUT2D eigenvalue weighted by Gasteiger charge is 2.30. The Hall–Kier alpha value is -3.81. The van der Waals surface area contributed by atoms with Gasteiger partial charge in [0.05, 0.1) is 11.6 Å². The van der Waals surface area contributed by atoms with Crippen molar-refractivity contribution < 1.29 is 46.2 Å². The van der Waals surface area contributed by atoms with Crippen LogP contribution in [0.5, 0.6) is 0 Å². The van der Waals surface area contributed by atoms with Gasteiger partial charge < -0.3 is 9.84 Å². The van der Waals surface area contributed by atoms with Crippen LogP contribution in [0, 0.1) is 11.6 Å². The average Bonchev–Trinajstić information content (AvgIpc) is 2.79. The van der Waals surface area contributed by atoms with Gasteiger partial charge in [0.15, 0.2) is 11.6 Å². The lowest BCUT2D eigenvalue weighted by atomic mass is 10.1. The fraction of sp³-hybridized carbons (Fsp3) is 0.364. The van der Waals surface area contributed by atoms with Crippen molar-refractivity contribution in [1.29, 1.82) is 0 Å². The molecule has 0 unspecified atom stereocenters. The van der Waals surface area contributed by atoms with Gasteiger partial charge in [-0.2, -0.15) is 13.2 Å². The first-order valence-corrected chi connectivity index (χ1v) is 10.5. The molecule has 1 heterocycles. The number of anilines is 1. The summed E-state index contributed by atoms with van der Waals surface area (Å²) in [5.41, 5.74) is 1.53. The van der Waals surface area contributed by atoms with Crippen LogP contribution in [0.2, 0.25) is 0 Å². The number of carboxylic acid groups (broad SMARTS) is 1. The fourth-order valence-electron chi connectivity index (χ4n) is 3.08. The van der Waals surface area contributed by atoms with E-state index in [-0.39, 0.29) is 37.2 Å². The van der Waals surface area contributed by atoms with Crippen LogP contribution in [0.1, 0.15) is 37.3 Å². The molecule has 0 aliphatic heterocycles. The van der Waals surface area contributed by atoms with Crippen LogP contribution in [0.4, 0.5) is 32.6 Å². The highest BCUT2D eigenvalue weighted by atomic mass is 19.4. The zero-order valence-electron chi connectivity index (χ0n) is 18.9. The molecular formula is C22H23F5N4O5. The molecule has 3 N–H and O–H groups in total. The van der Waals surface area contributed by atoms with E-state index in [1.165, 1.54) is 12.1 Å². The maximum Gasteiger partial charge on any atom is 0.417 e. The Bertz CT molecular complexity index is 1070. The van der Waals surface area contributed by atoms with E-state index in [2.05, 4.69) is 15.7 Å². The zero-order valence-corrected chi connectivity index (χ0v) is 18.9. The summed E-state index contributed by atoms with van der Waals surface area (Å²) in [5.74, 6) is -4.10. The first kappa shape index (κ1) is 28.4. The second-order valence-corrected chi connectivity index (χ2v) is 7.53. The number of nitrogens with zero attached hydrogens (tertiary/aromatic N) is 2. The number of ether oxygens (including phenoxy) is 1. The van der Waals surface area contributed by atoms with Gasteiger partial charge in [-0.1, -0.05) is 12.1 Å². The van der Waals surface area contributed by atoms with Crippen molar-refractivity contribution in [2.75, 3.05) is 11.9 Å². The Morgan fingerprint density at radius 2 is 1.89 bits per heavy atom. The molecular weight excluding hydrogens is 495 g/mol. The van der Waals surface area contributed by atoms with E-state index >= 15 is 0 Å². The van der Waals surface area contributed by atoms with E-state index in [0.717, 1.165) is 24.1 Å². The number of aliphatic carboxylic acids is 1. The van der Waals surface area contributed by atoms with Gasteiger partial charge in [0.1, 0.15) is 12.4 Å². The van der Waals surface area contributed by atoms with Gasteiger partial charge in [0.2, 0.25) is 5.91 Å². The number of amides is 2. The van der Waals surface area contributed by atoms with E-state index in [9.17, 15) is 36.3 Å². The number of carbonyl (C=O) groups is 3. The minimum atomic E-state index is -4.60. The summed E-state index contributed by atoms with van der Waals surface area (Å²) in [5, 5.41) is 12.0. The number of benzene rings is 1. The lowest BCUT2D eigenvalue weighted by Crippen LogP contribution is -2.50. The molecule has 14 heteroatoms. The fourth-order valence-corrected chi connectivity index (χ4v) is 3.08. The zero-order chi connectivity index (χ0) is 26.9. The number of hydrogen-bond donors (Lipinski definition) is 3. The van der Waals surface area contributed by atoms with E-state index < -0.39 is 54.0 Å². The molecule has 0 radical (unpaired) electrons. The molecule has 0 fully saturated rings. The predicted molar refractivity (Wildman–Crippen MR) is 115 cm³/mol. The summed E-state index contributed by atoms with van der Waals surface area (Å²) in [6.45, 7) is 0.399. The van der Waals surface area contributed by atoms with Crippen molar-refractivity contribution in [2.24, 2.45) is 0 Å². The SMILES string of the molecule is CC(=O)N(NCc1cccc(F)c1F)[C@@H](CCCC(=O)O)COC(=O)Nc1ccc(C(F)(F)F)cn1. The molecule has 2 aromatic rings. The number of nitrogens with one attached hydrogen (secondary N) is 2. The first-order valence-electron chi connectivity index (χ1n) is 10.5. The van der Waals surface area contributed by atoms with Gasteiger partial charge in [0, 0.05) is 31.6 Å². The highest BCUT2D eigenvalue weighted by molar-refractivity contribution is 5.83. The molecule has 0 spiro atoms. The molecule has 196 valence electrons. The number of pyridine rings is 1. The maximum atomic E-state index is 14.0. The molecule has 36 heavy (non-hydrogen) atoms. The van der Waals surface area contributed by atoms with Crippen LogP contribution >= 0.6 is 0 Å². The van der Waals surface area contributed by atoms with Crippen molar-refractivity contribution in [3.63, 3.8) is 0 Å². The van der Waals surface area contributed by atoms with Crippen LogP contribution in [-0.4, -0.2) is 45.7 Å². The van der Waals surface area contributed by atoms with E-state index in [1.54, 1.807) is 0 Å². The molecule has 0 aliphatic carbocycles. The van der Waals surface area contributed by atoms with Gasteiger partial charge in [0.25, 0.3) is 0 Å². The molecule has 1 aromatic carbocycles. The molecule has 2 amide bonds. The standard InChI is InChI=1S/C22H23F5N4O5/c1-13(32)31(29-10-14-4-2-6-17(23)20(14)24)16(5-3-7-19(33)34)12-36-21(35)30-18-9-8-15(11-28-18)22(25,26)27/h2,4,6,8-9,11,16,29H,3,5,7,10,12H2,1H3,(H,33,34)(H,28,30,35)/t16-/m0/s1. The molecule has 0 aliphatic rings. The predicted octanol–water partition coefficient (Wildman–Crippen LogP) is 4.10. The third kappa shape index (κ3) is 8.76. The lowest BCUT2D eigenvalue weighted by Gasteiger charge is -2.31. The van der Waals surface area contributed by atoms with Crippen molar-refractivity contribution in [1.82, 2.24) is 15.4 Å². The average molecular weight is 518 g/mol. The monoisotopic (exact) mass is 518 g/mol. The number of aromatic nitrogens is 1. The minimum Gasteiger partial charge on any atom is -0.481 e. The number of alkyl halides is 3. The summed E-state index contributed by atoms with van der Waals surface area (Å²) < 4.78 is 70.4. The van der Waals surface area contributed by atoms with Crippen LogP contribution in [0.3, 0.4) is 0 Å². The van der Waals surface area contributed by atoms with Crippen molar-refractivity contribution in [3.8, 4) is 0 Å². The summed E-state index contributed by atoms with van der Waals surface area (Å²) in [6.07, 6.45) is -5.28. The van der Waals surface area contributed by atoms with Crippen LogP contribution in [0.25, 0.3) is 0 Å². The molecule has 2 rings (SSSR count). The number of hydrazine groups is 1. The topological polar surface area (TPSA) is 121 Å². The largest absolute Gasteiger partial charge is 0.481 e. The number of halogens is 5. The molecule has 1 aromatic heterocycles. The van der Waals surface area contributed by atoms with Crippen LogP contribution in [-0.2, 0) is 27.0 Å². The third-order valence-electron chi connectivity index (χ3n) is 4.83. The number of carbonyl (C=O) groups excluding carboxylic acids is 2. The van der Waals surface area contributed by atoms with Gasteiger partial charge in [-0.3, -0.25) is 19.9 Å². The minimum absolute atomic E-state index is 0.0519. The Morgan fingerprint density at radius 3 is 2.47 bits per heavy atom. The van der Waals surface area contributed by atoms with Gasteiger partial charge in [-0.25, -0.2) is 24.0 Å². The highest BCUT2D eigenvalue weighted by Crippen LogP contribution is 2.28. The summed E-state index contributed by atoms with van der Waals surface area (Å²) in [6, 6.07) is 4.22. The quantitative estimate of drug-likeness (QED) is 0.303. The second kappa shape index (κ2) is 12.8. The van der Waals surface area contributed by atoms with Crippen molar-refractivity contribution in [3.05, 3.63) is 59.3 Å². The third-order valence-corrected chi connectivity index (χ3v) is 4.83. The van der Waals surface area contributed by atoms with Crippen LogP contribution in [0.15, 0.2) is 36.5 Å².